The van der Waals surface area contributed by atoms with Gasteiger partial charge in [0.2, 0.25) is 5.89 Å². The van der Waals surface area contributed by atoms with Gasteiger partial charge in [-0.1, -0.05) is 38.8 Å². The third-order valence-corrected chi connectivity index (χ3v) is 4.51. The van der Waals surface area contributed by atoms with E-state index >= 15 is 0 Å². The van der Waals surface area contributed by atoms with Crippen molar-refractivity contribution in [2.45, 2.75) is 84.1 Å². The van der Waals surface area contributed by atoms with E-state index in [0.29, 0.717) is 12.0 Å². The van der Waals surface area contributed by atoms with Crippen molar-refractivity contribution in [3.63, 3.8) is 0 Å². The van der Waals surface area contributed by atoms with Gasteiger partial charge >= 0.3 is 0 Å². The molecule has 1 aliphatic carbocycles. The minimum atomic E-state index is 0.532. The molecule has 1 aromatic heterocycles. The van der Waals surface area contributed by atoms with Crippen LogP contribution in [-0.4, -0.2) is 22.7 Å². The van der Waals surface area contributed by atoms with Gasteiger partial charge in [-0.3, -0.25) is 0 Å². The highest BCUT2D eigenvalue weighted by Crippen LogP contribution is 2.36. The highest BCUT2D eigenvalue weighted by atomic mass is 16.5. The number of nitrogens with zero attached hydrogens (tertiary/aromatic N) is 2. The van der Waals surface area contributed by atoms with Crippen molar-refractivity contribution in [3.05, 3.63) is 11.7 Å². The molecule has 120 valence electrons. The van der Waals surface area contributed by atoms with Crippen molar-refractivity contribution >= 4 is 0 Å². The lowest BCUT2D eigenvalue weighted by molar-refractivity contribution is 0.294. The van der Waals surface area contributed by atoms with E-state index in [1.165, 1.54) is 38.5 Å². The van der Waals surface area contributed by atoms with Crippen LogP contribution >= 0.6 is 0 Å². The van der Waals surface area contributed by atoms with Crippen LogP contribution in [0.1, 0.15) is 83.3 Å². The van der Waals surface area contributed by atoms with Crippen LogP contribution in [0.25, 0.3) is 0 Å². The van der Waals surface area contributed by atoms with Crippen molar-refractivity contribution in [1.29, 1.82) is 0 Å². The predicted molar refractivity (Wildman–Crippen MR) is 85.4 cm³/mol. The minimum Gasteiger partial charge on any atom is -0.339 e. The zero-order valence-corrected chi connectivity index (χ0v) is 13.9. The summed E-state index contributed by atoms with van der Waals surface area (Å²) in [5, 5.41) is 7.63. The van der Waals surface area contributed by atoms with Crippen molar-refractivity contribution < 1.29 is 4.52 Å². The van der Waals surface area contributed by atoms with Crippen LogP contribution in [0.5, 0.6) is 0 Å². The highest BCUT2D eigenvalue weighted by Gasteiger charge is 2.25. The van der Waals surface area contributed by atoms with Crippen molar-refractivity contribution in [2.75, 3.05) is 6.54 Å². The number of aryl methyl sites for hydroxylation is 1. The van der Waals surface area contributed by atoms with E-state index in [9.17, 15) is 0 Å². The molecule has 21 heavy (non-hydrogen) atoms. The fraction of sp³-hybridized carbons (Fsp3) is 0.882. The Labute approximate surface area is 129 Å². The molecule has 4 nitrogen and oxygen atoms in total. The third-order valence-electron chi connectivity index (χ3n) is 4.51. The normalized spacial score (nSPS) is 22.9. The lowest BCUT2D eigenvalue weighted by atomic mass is 9.80. The number of rotatable bonds is 8. The number of hydrogen-bond acceptors (Lipinski definition) is 4. The second kappa shape index (κ2) is 8.52. The van der Waals surface area contributed by atoms with Gasteiger partial charge in [-0.15, -0.1) is 0 Å². The monoisotopic (exact) mass is 293 g/mol. The van der Waals surface area contributed by atoms with E-state index in [1.807, 2.05) is 0 Å². The van der Waals surface area contributed by atoms with Gasteiger partial charge in [-0.05, 0) is 44.6 Å². The third kappa shape index (κ3) is 5.42. The number of nitrogens with one attached hydrogen (secondary N) is 1. The fourth-order valence-electron chi connectivity index (χ4n) is 3.28. The summed E-state index contributed by atoms with van der Waals surface area (Å²) in [6.07, 6.45) is 9.78. The Hall–Kier alpha value is -0.900. The molecule has 4 heteroatoms. The van der Waals surface area contributed by atoms with Gasteiger partial charge < -0.3 is 9.84 Å². The van der Waals surface area contributed by atoms with E-state index in [-0.39, 0.29) is 0 Å². The molecule has 2 rings (SSSR count). The largest absolute Gasteiger partial charge is 0.339 e. The van der Waals surface area contributed by atoms with E-state index < -0.39 is 0 Å². The molecule has 1 aromatic rings. The van der Waals surface area contributed by atoms with E-state index in [2.05, 4.69) is 36.2 Å². The van der Waals surface area contributed by atoms with Gasteiger partial charge in [-0.2, -0.15) is 4.98 Å². The molecular weight excluding hydrogens is 262 g/mol. The first-order valence-corrected chi connectivity index (χ1v) is 8.75. The molecule has 0 spiro atoms. The van der Waals surface area contributed by atoms with Crippen LogP contribution in [0, 0.1) is 5.92 Å². The predicted octanol–water partition coefficient (Wildman–Crippen LogP) is 4.07. The lowest BCUT2D eigenvalue weighted by Crippen LogP contribution is -2.23. The molecule has 0 unspecified atom stereocenters. The van der Waals surface area contributed by atoms with E-state index in [4.69, 9.17) is 4.52 Å². The zero-order chi connectivity index (χ0) is 15.1. The molecule has 1 N–H and O–H groups in total. The van der Waals surface area contributed by atoms with Crippen LogP contribution in [0.15, 0.2) is 4.52 Å². The summed E-state index contributed by atoms with van der Waals surface area (Å²) in [6.45, 7) is 7.63. The maximum atomic E-state index is 5.41. The second-order valence-corrected chi connectivity index (χ2v) is 6.77. The molecule has 0 aromatic carbocycles. The Balaban J connectivity index is 1.73. The summed E-state index contributed by atoms with van der Waals surface area (Å²) in [4.78, 5) is 4.62. The van der Waals surface area contributed by atoms with Gasteiger partial charge in [0.1, 0.15) is 0 Å². The summed E-state index contributed by atoms with van der Waals surface area (Å²) >= 11 is 0. The highest BCUT2D eigenvalue weighted by molar-refractivity contribution is 4.97. The lowest BCUT2D eigenvalue weighted by Gasteiger charge is -2.26. The molecule has 0 amide bonds. The number of hydrogen-bond donors (Lipinski definition) is 1. The van der Waals surface area contributed by atoms with Gasteiger partial charge in [0.25, 0.3) is 0 Å². The second-order valence-electron chi connectivity index (χ2n) is 6.77. The summed E-state index contributed by atoms with van der Waals surface area (Å²) in [5.41, 5.74) is 0. The van der Waals surface area contributed by atoms with Crippen LogP contribution in [0.4, 0.5) is 0 Å². The average Bonchev–Trinajstić information content (AvgIpc) is 2.93. The van der Waals surface area contributed by atoms with Crippen LogP contribution in [-0.2, 0) is 6.42 Å². The topological polar surface area (TPSA) is 51.0 Å². The Bertz CT molecular complexity index is 394. The Kier molecular flexibility index (Phi) is 6.68. The van der Waals surface area contributed by atoms with E-state index in [0.717, 1.165) is 37.0 Å². The first kappa shape index (κ1) is 16.5. The van der Waals surface area contributed by atoms with Crippen LogP contribution in [0.2, 0.25) is 0 Å². The molecule has 0 aliphatic heterocycles. The first-order chi connectivity index (χ1) is 10.2. The summed E-state index contributed by atoms with van der Waals surface area (Å²) < 4.78 is 5.41. The molecule has 1 fully saturated rings. The Morgan fingerprint density at radius 3 is 2.67 bits per heavy atom. The quantitative estimate of drug-likeness (QED) is 0.734. The first-order valence-electron chi connectivity index (χ1n) is 8.75. The van der Waals surface area contributed by atoms with Gasteiger partial charge in [0.05, 0.1) is 0 Å². The minimum absolute atomic E-state index is 0.532. The van der Waals surface area contributed by atoms with Gasteiger partial charge in [0.15, 0.2) is 5.82 Å². The van der Waals surface area contributed by atoms with Crippen molar-refractivity contribution in [2.24, 2.45) is 5.92 Å². The maximum Gasteiger partial charge on any atom is 0.226 e. The maximum absolute atomic E-state index is 5.41. The fourth-order valence-corrected chi connectivity index (χ4v) is 3.28. The summed E-state index contributed by atoms with van der Waals surface area (Å²) in [7, 11) is 0. The van der Waals surface area contributed by atoms with Gasteiger partial charge in [-0.25, -0.2) is 0 Å². The zero-order valence-electron chi connectivity index (χ0n) is 13.9. The van der Waals surface area contributed by atoms with Crippen LogP contribution in [0.3, 0.4) is 0 Å². The molecule has 0 radical (unpaired) electrons. The SMILES string of the molecule is CCCC1CCC(c2noc(CCCNC(C)C)n2)CC1. The molecule has 0 atom stereocenters. The molecule has 1 heterocycles. The van der Waals surface area contributed by atoms with Crippen molar-refractivity contribution in [3.8, 4) is 0 Å². The molecule has 0 saturated heterocycles. The van der Waals surface area contributed by atoms with Crippen LogP contribution < -0.4 is 5.32 Å². The van der Waals surface area contributed by atoms with Gasteiger partial charge in [0, 0.05) is 18.4 Å². The number of aromatic nitrogens is 2. The standard InChI is InChI=1S/C17H31N3O/c1-4-6-14-8-10-15(11-9-14)17-19-16(21-20-17)7-5-12-18-13(2)3/h13-15,18H,4-12H2,1-3H3. The average molecular weight is 293 g/mol. The smallest absolute Gasteiger partial charge is 0.226 e. The Morgan fingerprint density at radius 1 is 1.24 bits per heavy atom. The van der Waals surface area contributed by atoms with Crippen molar-refractivity contribution in [1.82, 2.24) is 15.5 Å². The molecule has 1 saturated carbocycles. The summed E-state index contributed by atoms with van der Waals surface area (Å²) in [5.74, 6) is 3.23. The molecule has 1 aliphatic rings. The van der Waals surface area contributed by atoms with E-state index in [1.54, 1.807) is 0 Å². The molecular formula is C17H31N3O. The Morgan fingerprint density at radius 2 is 2.00 bits per heavy atom. The molecule has 0 bridgehead atoms. The summed E-state index contributed by atoms with van der Waals surface area (Å²) in [6, 6.07) is 0.543.